The average Bonchev–Trinajstić information content (AvgIpc) is 2.70. The molecule has 2 rings (SSSR count). The molecule has 0 spiro atoms. The summed E-state index contributed by atoms with van der Waals surface area (Å²) < 4.78 is 2.00. The fraction of sp³-hybridized carbons (Fsp3) is 0. The molecule has 0 unspecified atom stereocenters. The molecule has 0 saturated carbocycles. The van der Waals surface area contributed by atoms with Gasteiger partial charge in [0.05, 0.1) is 18.7 Å². The van der Waals surface area contributed by atoms with E-state index in [2.05, 4.69) is 53.1 Å². The van der Waals surface area contributed by atoms with Crippen LogP contribution in [0.15, 0.2) is 36.3 Å². The molecule has 2 aromatic rings. The van der Waals surface area contributed by atoms with Crippen molar-refractivity contribution in [3.05, 3.63) is 47.4 Å². The largest absolute Gasteiger partial charge is 0.478 e. The van der Waals surface area contributed by atoms with E-state index in [0.717, 1.165) is 3.79 Å². The molecule has 2 N–H and O–H groups in total. The van der Waals surface area contributed by atoms with E-state index in [1.807, 2.05) is 0 Å². The molecule has 1 aromatic carbocycles. The molecule has 0 atom stereocenters. The highest BCUT2D eigenvalue weighted by Gasteiger charge is 2.15. The highest BCUT2D eigenvalue weighted by Crippen LogP contribution is 2.32. The smallest absolute Gasteiger partial charge is 0.336 e. The first-order chi connectivity index (χ1) is 9.38. The third-order valence-electron chi connectivity index (χ3n) is 2.36. The van der Waals surface area contributed by atoms with Gasteiger partial charge in [-0.3, -0.25) is 4.79 Å². The molecule has 0 radical (unpaired) electrons. The van der Waals surface area contributed by atoms with Crippen molar-refractivity contribution in [2.75, 3.05) is 5.32 Å². The van der Waals surface area contributed by atoms with E-state index < -0.39 is 5.97 Å². The van der Waals surface area contributed by atoms with Gasteiger partial charge in [0.1, 0.15) is 0 Å². The number of halogens is 3. The zero-order valence-electron chi connectivity index (χ0n) is 9.62. The van der Waals surface area contributed by atoms with E-state index in [-0.39, 0.29) is 11.5 Å². The van der Waals surface area contributed by atoms with Crippen molar-refractivity contribution in [2.24, 2.45) is 0 Å². The van der Waals surface area contributed by atoms with Crippen LogP contribution in [0.2, 0.25) is 0 Å². The number of nitrogens with one attached hydrogen (secondary N) is 1. The number of carboxylic acid groups (broad SMARTS) is 1. The Morgan fingerprint density at radius 1 is 1.10 bits per heavy atom. The summed E-state index contributed by atoms with van der Waals surface area (Å²) >= 11 is 11.1. The second-order valence-electron chi connectivity index (χ2n) is 3.69. The van der Waals surface area contributed by atoms with E-state index in [1.54, 1.807) is 18.2 Å². The van der Waals surface area contributed by atoms with Crippen molar-refractivity contribution in [3.63, 3.8) is 0 Å². The van der Waals surface area contributed by atoms with Crippen LogP contribution in [0.5, 0.6) is 0 Å². The van der Waals surface area contributed by atoms with E-state index in [4.69, 9.17) is 5.11 Å². The summed E-state index contributed by atoms with van der Waals surface area (Å²) in [5.41, 5.74) is 1.000. The van der Waals surface area contributed by atoms with Gasteiger partial charge in [-0.2, -0.15) is 0 Å². The molecule has 0 saturated heterocycles. The minimum atomic E-state index is -1.06. The fourth-order valence-electron chi connectivity index (χ4n) is 1.46. The molecule has 0 bridgehead atoms. The van der Waals surface area contributed by atoms with Crippen LogP contribution < -0.4 is 5.32 Å². The van der Waals surface area contributed by atoms with Crippen LogP contribution in [-0.2, 0) is 0 Å². The first-order valence-corrected chi connectivity index (χ1v) is 8.37. The number of hydrogen-bond donors (Lipinski definition) is 2. The molecule has 0 aliphatic carbocycles. The van der Waals surface area contributed by atoms with Crippen molar-refractivity contribution >= 4 is 76.7 Å². The normalized spacial score (nSPS) is 10.3. The molecule has 20 heavy (non-hydrogen) atoms. The molecule has 0 fully saturated rings. The van der Waals surface area contributed by atoms with Crippen molar-refractivity contribution in [2.45, 2.75) is 0 Å². The quantitative estimate of drug-likeness (QED) is 0.646. The lowest BCUT2D eigenvalue weighted by molar-refractivity contribution is 0.0695. The number of carboxylic acids is 1. The van der Waals surface area contributed by atoms with Crippen molar-refractivity contribution in [1.29, 1.82) is 0 Å². The summed E-state index contributed by atoms with van der Waals surface area (Å²) in [6.07, 6.45) is 0. The Morgan fingerprint density at radius 3 is 2.35 bits per heavy atom. The number of thiophene rings is 1. The van der Waals surface area contributed by atoms with Gasteiger partial charge in [-0.05, 0) is 72.1 Å². The second kappa shape index (κ2) is 6.38. The lowest BCUT2D eigenvalue weighted by Gasteiger charge is -2.06. The summed E-state index contributed by atoms with van der Waals surface area (Å²) in [5.74, 6) is -1.37. The van der Waals surface area contributed by atoms with E-state index in [1.165, 1.54) is 17.4 Å². The summed E-state index contributed by atoms with van der Waals surface area (Å²) in [7, 11) is 0. The fourth-order valence-corrected chi connectivity index (χ4v) is 4.67. The van der Waals surface area contributed by atoms with E-state index >= 15 is 0 Å². The molecule has 8 heteroatoms. The molecule has 1 amide bonds. The highest BCUT2D eigenvalue weighted by molar-refractivity contribution is 9.12. The van der Waals surface area contributed by atoms with Crippen molar-refractivity contribution in [3.8, 4) is 0 Å². The van der Waals surface area contributed by atoms with Gasteiger partial charge in [-0.1, -0.05) is 0 Å². The number of aromatic carboxylic acids is 1. The number of hydrogen-bond acceptors (Lipinski definition) is 3. The van der Waals surface area contributed by atoms with Gasteiger partial charge in [0.2, 0.25) is 0 Å². The Bertz CT molecular complexity index is 699. The number of carbonyl (C=O) groups is 2. The maximum Gasteiger partial charge on any atom is 0.336 e. The SMILES string of the molecule is O=C(O)c1cc(NC(=O)c2cc(Br)sc2Br)ccc1Br. The zero-order valence-corrected chi connectivity index (χ0v) is 15.2. The van der Waals surface area contributed by atoms with E-state index in [9.17, 15) is 9.59 Å². The predicted octanol–water partition coefficient (Wildman–Crippen LogP) is 4.99. The summed E-state index contributed by atoms with van der Waals surface area (Å²) in [6.45, 7) is 0. The van der Waals surface area contributed by atoms with Crippen LogP contribution >= 0.6 is 59.1 Å². The van der Waals surface area contributed by atoms with Gasteiger partial charge in [-0.15, -0.1) is 11.3 Å². The Kier molecular flexibility index (Phi) is 5.00. The number of rotatable bonds is 3. The number of amides is 1. The maximum atomic E-state index is 12.1. The molecule has 104 valence electrons. The number of anilines is 1. The van der Waals surface area contributed by atoms with Crippen LogP contribution in [0.25, 0.3) is 0 Å². The first kappa shape index (κ1) is 15.7. The summed E-state index contributed by atoms with van der Waals surface area (Å²) in [6, 6.07) is 6.31. The predicted molar refractivity (Wildman–Crippen MR) is 88.8 cm³/mol. The van der Waals surface area contributed by atoms with Crippen molar-refractivity contribution in [1.82, 2.24) is 0 Å². The van der Waals surface area contributed by atoms with Crippen LogP contribution in [-0.4, -0.2) is 17.0 Å². The molecule has 1 aromatic heterocycles. The number of benzene rings is 1. The van der Waals surface area contributed by atoms with Crippen LogP contribution in [0.3, 0.4) is 0 Å². The minimum Gasteiger partial charge on any atom is -0.478 e. The Labute approximate surface area is 143 Å². The minimum absolute atomic E-state index is 0.0911. The number of carbonyl (C=O) groups excluding carboxylic acids is 1. The standard InChI is InChI=1S/C12H6Br3NO3S/c13-8-2-1-5(3-6(8)12(18)19)16-11(17)7-4-9(14)20-10(7)15/h1-4H,(H,16,17)(H,18,19). The summed E-state index contributed by atoms with van der Waals surface area (Å²) in [4.78, 5) is 23.1. The van der Waals surface area contributed by atoms with Crippen LogP contribution in [0, 0.1) is 0 Å². The van der Waals surface area contributed by atoms with Gasteiger partial charge in [0.25, 0.3) is 5.91 Å². The van der Waals surface area contributed by atoms with Gasteiger partial charge in [0, 0.05) is 10.2 Å². The highest BCUT2D eigenvalue weighted by atomic mass is 79.9. The lowest BCUT2D eigenvalue weighted by Crippen LogP contribution is -2.12. The van der Waals surface area contributed by atoms with Crippen molar-refractivity contribution < 1.29 is 14.7 Å². The van der Waals surface area contributed by atoms with Gasteiger partial charge < -0.3 is 10.4 Å². The Morgan fingerprint density at radius 2 is 1.80 bits per heavy atom. The Balaban J connectivity index is 2.26. The van der Waals surface area contributed by atoms with Gasteiger partial charge in [0.15, 0.2) is 0 Å². The maximum absolute atomic E-state index is 12.1. The average molecular weight is 484 g/mol. The molecular weight excluding hydrogens is 478 g/mol. The monoisotopic (exact) mass is 481 g/mol. The van der Waals surface area contributed by atoms with Crippen LogP contribution in [0.1, 0.15) is 20.7 Å². The summed E-state index contributed by atoms with van der Waals surface area (Å²) in [5, 5.41) is 11.7. The van der Waals surface area contributed by atoms with Gasteiger partial charge >= 0.3 is 5.97 Å². The molecule has 1 heterocycles. The molecule has 0 aliphatic heterocycles. The zero-order chi connectivity index (χ0) is 14.9. The van der Waals surface area contributed by atoms with Gasteiger partial charge in [-0.25, -0.2) is 4.79 Å². The molecule has 4 nitrogen and oxygen atoms in total. The first-order valence-electron chi connectivity index (χ1n) is 5.17. The third-order valence-corrected chi connectivity index (χ3v) is 5.39. The lowest BCUT2D eigenvalue weighted by atomic mass is 10.2. The molecular formula is C12H6Br3NO3S. The third kappa shape index (κ3) is 3.49. The second-order valence-corrected chi connectivity index (χ2v) is 8.30. The van der Waals surface area contributed by atoms with Crippen LogP contribution in [0.4, 0.5) is 5.69 Å². The molecule has 0 aliphatic rings. The van der Waals surface area contributed by atoms with E-state index in [0.29, 0.717) is 19.5 Å². The topological polar surface area (TPSA) is 66.4 Å². The Hall–Kier alpha value is -0.700.